The monoisotopic (exact) mass is 386 g/mol. The fraction of sp³-hybridized carbons (Fsp3) is 0.381. The number of aryl methyl sites for hydroxylation is 2. The summed E-state index contributed by atoms with van der Waals surface area (Å²) in [5, 5.41) is 5.13. The predicted molar refractivity (Wildman–Crippen MR) is 106 cm³/mol. The molecule has 1 aliphatic rings. The van der Waals surface area contributed by atoms with Crippen LogP contribution in [-0.2, 0) is 34.1 Å². The van der Waals surface area contributed by atoms with Crippen LogP contribution in [0.25, 0.3) is 0 Å². The van der Waals surface area contributed by atoms with Gasteiger partial charge in [-0.3, -0.25) is 4.79 Å². The first-order valence-corrected chi connectivity index (χ1v) is 10.8. The molecule has 2 aromatic carbocycles. The molecule has 0 bridgehead atoms. The molecule has 0 aromatic heterocycles. The van der Waals surface area contributed by atoms with Crippen LogP contribution in [0.4, 0.5) is 0 Å². The minimum absolute atomic E-state index is 0.0359. The van der Waals surface area contributed by atoms with Crippen molar-refractivity contribution >= 4 is 15.9 Å². The van der Waals surface area contributed by atoms with Gasteiger partial charge < -0.3 is 4.90 Å². The van der Waals surface area contributed by atoms with Gasteiger partial charge in [0.1, 0.15) is 0 Å². The molecule has 0 spiro atoms. The average Bonchev–Trinajstić information content (AvgIpc) is 2.66. The lowest BCUT2D eigenvalue weighted by Crippen LogP contribution is -2.31. The Morgan fingerprint density at radius 1 is 1.07 bits per heavy atom. The number of carbonyl (C=O) groups excluding carboxylic acids is 1. The van der Waals surface area contributed by atoms with Crippen molar-refractivity contribution in [3.63, 3.8) is 0 Å². The number of nitrogens with two attached hydrogens (primary N) is 1. The molecule has 2 N–H and O–H groups in total. The highest BCUT2D eigenvalue weighted by atomic mass is 32.2. The van der Waals surface area contributed by atoms with Crippen LogP contribution in [0.1, 0.15) is 48.1 Å². The number of rotatable bonds is 5. The highest BCUT2D eigenvalue weighted by Gasteiger charge is 2.19. The maximum absolute atomic E-state index is 12.7. The first kappa shape index (κ1) is 19.6. The van der Waals surface area contributed by atoms with Crippen molar-refractivity contribution in [2.24, 2.45) is 5.14 Å². The Morgan fingerprint density at radius 2 is 1.70 bits per heavy atom. The van der Waals surface area contributed by atoms with Gasteiger partial charge in [0.05, 0.1) is 17.4 Å². The molecule has 2 aromatic rings. The lowest BCUT2D eigenvalue weighted by atomic mass is 9.90. The van der Waals surface area contributed by atoms with Crippen molar-refractivity contribution in [1.82, 2.24) is 4.90 Å². The molecule has 1 aliphatic carbocycles. The number of fused-ring (bicyclic) bond motifs is 1. The van der Waals surface area contributed by atoms with E-state index in [9.17, 15) is 13.2 Å². The van der Waals surface area contributed by atoms with Gasteiger partial charge in [-0.25, -0.2) is 13.6 Å². The summed E-state index contributed by atoms with van der Waals surface area (Å²) in [7, 11) is -1.93. The van der Waals surface area contributed by atoms with Crippen LogP contribution in [0.15, 0.2) is 47.4 Å². The Bertz CT molecular complexity index is 936. The van der Waals surface area contributed by atoms with Gasteiger partial charge in [0, 0.05) is 7.05 Å². The summed E-state index contributed by atoms with van der Waals surface area (Å²) in [5.74, 6) is 0.0359. The molecule has 1 unspecified atom stereocenters. The fourth-order valence-corrected chi connectivity index (χ4v) is 4.09. The van der Waals surface area contributed by atoms with Crippen LogP contribution >= 0.6 is 0 Å². The molecule has 3 rings (SSSR count). The molecule has 0 aliphatic heterocycles. The molecule has 0 fully saturated rings. The third-order valence-electron chi connectivity index (χ3n) is 5.43. The Hall–Kier alpha value is -2.18. The zero-order valence-electron chi connectivity index (χ0n) is 15.8. The lowest BCUT2D eigenvalue weighted by Gasteiger charge is -2.26. The smallest absolute Gasteiger partial charge is 0.238 e. The molecular weight excluding hydrogens is 360 g/mol. The summed E-state index contributed by atoms with van der Waals surface area (Å²) in [6.07, 6.45) is 5.06. The topological polar surface area (TPSA) is 80.5 Å². The first-order valence-electron chi connectivity index (χ1n) is 9.25. The van der Waals surface area contributed by atoms with Crippen molar-refractivity contribution in [2.75, 3.05) is 7.05 Å². The van der Waals surface area contributed by atoms with Crippen LogP contribution < -0.4 is 5.14 Å². The van der Waals surface area contributed by atoms with Gasteiger partial charge in [-0.2, -0.15) is 0 Å². The van der Waals surface area contributed by atoms with E-state index in [0.717, 1.165) is 24.0 Å². The molecule has 1 amide bonds. The molecule has 0 heterocycles. The third kappa shape index (κ3) is 4.57. The van der Waals surface area contributed by atoms with Crippen molar-refractivity contribution < 1.29 is 13.2 Å². The molecule has 0 radical (unpaired) electrons. The van der Waals surface area contributed by atoms with Crippen molar-refractivity contribution in [3.05, 3.63) is 64.7 Å². The fourth-order valence-electron chi connectivity index (χ4n) is 3.57. The third-order valence-corrected chi connectivity index (χ3v) is 6.36. The zero-order chi connectivity index (χ0) is 19.6. The number of primary sulfonamides is 1. The predicted octanol–water partition coefficient (Wildman–Crippen LogP) is 2.97. The molecule has 27 heavy (non-hydrogen) atoms. The Balaban J connectivity index is 1.69. The van der Waals surface area contributed by atoms with Crippen molar-refractivity contribution in [3.8, 4) is 0 Å². The average molecular weight is 387 g/mol. The lowest BCUT2D eigenvalue weighted by molar-refractivity contribution is -0.131. The molecule has 6 heteroatoms. The van der Waals surface area contributed by atoms with E-state index < -0.39 is 10.0 Å². The van der Waals surface area contributed by atoms with Gasteiger partial charge >= 0.3 is 0 Å². The molecule has 0 saturated carbocycles. The highest BCUT2D eigenvalue weighted by molar-refractivity contribution is 7.89. The van der Waals surface area contributed by atoms with Crippen LogP contribution in [-0.4, -0.2) is 26.3 Å². The van der Waals surface area contributed by atoms with E-state index >= 15 is 0 Å². The van der Waals surface area contributed by atoms with E-state index in [1.165, 1.54) is 36.1 Å². The van der Waals surface area contributed by atoms with Crippen molar-refractivity contribution in [1.29, 1.82) is 0 Å². The Morgan fingerprint density at radius 3 is 2.33 bits per heavy atom. The largest absolute Gasteiger partial charge is 0.339 e. The summed E-state index contributed by atoms with van der Waals surface area (Å²) in [6, 6.07) is 12.6. The Labute approximate surface area is 161 Å². The second kappa shape index (κ2) is 7.82. The van der Waals surface area contributed by atoms with Crippen molar-refractivity contribution in [2.45, 2.75) is 50.0 Å². The molecule has 1 atom stereocenters. The van der Waals surface area contributed by atoms with E-state index in [-0.39, 0.29) is 16.8 Å². The second-order valence-electron chi connectivity index (χ2n) is 7.28. The SMILES string of the molecule is CC(c1ccc(S(N)(=O)=O)cc1)N(C)C(=O)Cc1ccc2c(c1)CCCC2. The quantitative estimate of drug-likeness (QED) is 0.858. The van der Waals surface area contributed by atoms with Gasteiger partial charge in [-0.15, -0.1) is 0 Å². The van der Waals surface area contributed by atoms with Gasteiger partial charge in [0.15, 0.2) is 0 Å². The van der Waals surface area contributed by atoms with Gasteiger partial charge in [0.25, 0.3) is 0 Å². The van der Waals surface area contributed by atoms with Crippen LogP contribution in [0, 0.1) is 0 Å². The van der Waals surface area contributed by atoms with E-state index in [0.29, 0.717) is 6.42 Å². The minimum atomic E-state index is -3.71. The van der Waals surface area contributed by atoms with Gasteiger partial charge in [-0.05, 0) is 67.0 Å². The summed E-state index contributed by atoms with van der Waals surface area (Å²) in [6.45, 7) is 1.93. The number of sulfonamides is 1. The van der Waals surface area contributed by atoms with E-state index in [1.807, 2.05) is 6.92 Å². The Kier molecular flexibility index (Phi) is 5.67. The normalized spacial score (nSPS) is 15.1. The summed E-state index contributed by atoms with van der Waals surface area (Å²) >= 11 is 0. The van der Waals surface area contributed by atoms with Gasteiger partial charge in [0.2, 0.25) is 15.9 Å². The molecule has 0 saturated heterocycles. The van der Waals surface area contributed by atoms with E-state index in [4.69, 9.17) is 5.14 Å². The molecule has 5 nitrogen and oxygen atoms in total. The number of likely N-dealkylation sites (N-methyl/N-ethyl adjacent to an activating group) is 1. The van der Waals surface area contributed by atoms with E-state index in [2.05, 4.69) is 18.2 Å². The second-order valence-corrected chi connectivity index (χ2v) is 8.84. The number of nitrogens with zero attached hydrogens (tertiary/aromatic N) is 1. The van der Waals surface area contributed by atoms with Gasteiger partial charge in [-0.1, -0.05) is 30.3 Å². The van der Waals surface area contributed by atoms with Crippen LogP contribution in [0.3, 0.4) is 0 Å². The highest BCUT2D eigenvalue weighted by Crippen LogP contribution is 2.24. The van der Waals surface area contributed by atoms with Crippen LogP contribution in [0.2, 0.25) is 0 Å². The standard InChI is InChI=1S/C21H26N2O3S/c1-15(17-9-11-20(12-10-17)27(22,25)26)23(2)21(24)14-16-7-8-18-5-3-4-6-19(18)13-16/h7-13,15H,3-6,14H2,1-2H3,(H2,22,25,26). The number of hydrogen-bond donors (Lipinski definition) is 1. The number of amides is 1. The van der Waals surface area contributed by atoms with Crippen LogP contribution in [0.5, 0.6) is 0 Å². The summed E-state index contributed by atoms with van der Waals surface area (Å²) in [5.41, 5.74) is 4.70. The maximum atomic E-state index is 12.7. The molecular formula is C21H26N2O3S. The number of hydrogen-bond acceptors (Lipinski definition) is 3. The number of benzene rings is 2. The summed E-state index contributed by atoms with van der Waals surface area (Å²) in [4.78, 5) is 14.5. The van der Waals surface area contributed by atoms with E-state index in [1.54, 1.807) is 24.1 Å². The summed E-state index contributed by atoms with van der Waals surface area (Å²) < 4.78 is 22.7. The zero-order valence-corrected chi connectivity index (χ0v) is 16.6. The first-order chi connectivity index (χ1) is 12.8. The minimum Gasteiger partial charge on any atom is -0.339 e. The maximum Gasteiger partial charge on any atom is 0.238 e. The number of carbonyl (C=O) groups is 1. The molecule has 144 valence electrons.